The zero-order valence-electron chi connectivity index (χ0n) is 11.7. The van der Waals surface area contributed by atoms with Crippen LogP contribution in [0.15, 0.2) is 48.5 Å². The molecule has 0 fully saturated rings. The highest BCUT2D eigenvalue weighted by Crippen LogP contribution is 2.23. The summed E-state index contributed by atoms with van der Waals surface area (Å²) in [5, 5.41) is 3.17. The van der Waals surface area contributed by atoms with E-state index in [1.54, 1.807) is 0 Å². The summed E-state index contributed by atoms with van der Waals surface area (Å²) >= 11 is 0. The van der Waals surface area contributed by atoms with Crippen LogP contribution in [0, 0.1) is 11.6 Å². The minimum absolute atomic E-state index is 0.0243. The summed E-state index contributed by atoms with van der Waals surface area (Å²) in [6.07, 6.45) is 0.324. The van der Waals surface area contributed by atoms with Gasteiger partial charge >= 0.3 is 0 Å². The van der Waals surface area contributed by atoms with E-state index >= 15 is 0 Å². The van der Waals surface area contributed by atoms with Gasteiger partial charge in [-0.25, -0.2) is 8.78 Å². The number of likely N-dealkylation sites (N-methyl/N-ethyl adjacent to an activating group) is 1. The molecule has 0 amide bonds. The Balaban J connectivity index is 2.21. The van der Waals surface area contributed by atoms with Crippen molar-refractivity contribution in [1.29, 1.82) is 0 Å². The molecule has 0 bridgehead atoms. The first kappa shape index (κ1) is 14.7. The standard InChI is InChI=1S/C17H19F2N/c1-12(13-7-4-3-5-8-13)17(20-2)11-14-15(18)9-6-10-16(14)19/h3-10,12,17,20H,11H2,1-2H3. The molecule has 2 unspecified atom stereocenters. The fourth-order valence-corrected chi connectivity index (χ4v) is 2.47. The predicted molar refractivity (Wildman–Crippen MR) is 77.8 cm³/mol. The van der Waals surface area contributed by atoms with Crippen molar-refractivity contribution in [3.8, 4) is 0 Å². The normalized spacial score (nSPS) is 14.0. The number of hydrogen-bond acceptors (Lipinski definition) is 1. The van der Waals surface area contributed by atoms with Gasteiger partial charge in [0, 0.05) is 11.6 Å². The van der Waals surface area contributed by atoms with Crippen LogP contribution in [0.4, 0.5) is 8.78 Å². The second-order valence-corrected chi connectivity index (χ2v) is 5.00. The first-order chi connectivity index (χ1) is 9.63. The highest BCUT2D eigenvalue weighted by molar-refractivity contribution is 5.25. The van der Waals surface area contributed by atoms with Gasteiger partial charge in [-0.15, -0.1) is 0 Å². The minimum atomic E-state index is -0.481. The van der Waals surface area contributed by atoms with Crippen molar-refractivity contribution in [2.75, 3.05) is 7.05 Å². The number of halogens is 2. The van der Waals surface area contributed by atoms with Crippen molar-refractivity contribution in [3.63, 3.8) is 0 Å². The van der Waals surface area contributed by atoms with Crippen LogP contribution in [0.2, 0.25) is 0 Å². The summed E-state index contributed by atoms with van der Waals surface area (Å²) in [7, 11) is 1.82. The van der Waals surface area contributed by atoms with Gasteiger partial charge in [0.25, 0.3) is 0 Å². The Morgan fingerprint density at radius 2 is 1.55 bits per heavy atom. The van der Waals surface area contributed by atoms with Crippen molar-refractivity contribution in [2.24, 2.45) is 0 Å². The van der Waals surface area contributed by atoms with Gasteiger partial charge in [-0.2, -0.15) is 0 Å². The topological polar surface area (TPSA) is 12.0 Å². The lowest BCUT2D eigenvalue weighted by Gasteiger charge is -2.24. The smallest absolute Gasteiger partial charge is 0.129 e. The van der Waals surface area contributed by atoms with E-state index in [0.29, 0.717) is 6.42 Å². The third kappa shape index (κ3) is 3.23. The lowest BCUT2D eigenvalue weighted by Crippen LogP contribution is -2.33. The Morgan fingerprint density at radius 3 is 2.10 bits per heavy atom. The van der Waals surface area contributed by atoms with Crippen molar-refractivity contribution >= 4 is 0 Å². The van der Waals surface area contributed by atoms with Crippen LogP contribution in [0.5, 0.6) is 0 Å². The van der Waals surface area contributed by atoms with Gasteiger partial charge in [0.15, 0.2) is 0 Å². The van der Waals surface area contributed by atoms with E-state index < -0.39 is 11.6 Å². The van der Waals surface area contributed by atoms with Gasteiger partial charge in [0.1, 0.15) is 11.6 Å². The van der Waals surface area contributed by atoms with Gasteiger partial charge in [-0.1, -0.05) is 43.3 Å². The molecule has 2 aromatic rings. The van der Waals surface area contributed by atoms with Crippen molar-refractivity contribution in [3.05, 3.63) is 71.3 Å². The van der Waals surface area contributed by atoms with Gasteiger partial charge in [0.2, 0.25) is 0 Å². The van der Waals surface area contributed by atoms with E-state index in [0.717, 1.165) is 5.56 Å². The Hall–Kier alpha value is -1.74. The van der Waals surface area contributed by atoms with Crippen LogP contribution < -0.4 is 5.32 Å². The lowest BCUT2D eigenvalue weighted by atomic mass is 9.89. The molecule has 0 heterocycles. The van der Waals surface area contributed by atoms with Crippen LogP contribution in [0.1, 0.15) is 24.0 Å². The molecular formula is C17H19F2N. The Morgan fingerprint density at radius 1 is 0.950 bits per heavy atom. The third-order valence-corrected chi connectivity index (χ3v) is 3.79. The average Bonchev–Trinajstić information content (AvgIpc) is 2.47. The molecule has 2 aromatic carbocycles. The van der Waals surface area contributed by atoms with Gasteiger partial charge < -0.3 is 5.32 Å². The number of nitrogens with one attached hydrogen (secondary N) is 1. The second kappa shape index (κ2) is 6.62. The summed E-state index contributed by atoms with van der Waals surface area (Å²) in [6.45, 7) is 2.06. The molecule has 0 spiro atoms. The van der Waals surface area contributed by atoms with E-state index in [2.05, 4.69) is 12.2 Å². The number of hydrogen-bond donors (Lipinski definition) is 1. The second-order valence-electron chi connectivity index (χ2n) is 5.00. The van der Waals surface area contributed by atoms with Gasteiger partial charge in [0.05, 0.1) is 0 Å². The van der Waals surface area contributed by atoms with Crippen LogP contribution in [0.3, 0.4) is 0 Å². The first-order valence-corrected chi connectivity index (χ1v) is 6.78. The maximum atomic E-state index is 13.7. The summed E-state index contributed by atoms with van der Waals surface area (Å²) < 4.78 is 27.5. The zero-order valence-corrected chi connectivity index (χ0v) is 11.7. The lowest BCUT2D eigenvalue weighted by molar-refractivity contribution is 0.457. The van der Waals surface area contributed by atoms with Crippen LogP contribution >= 0.6 is 0 Å². The molecule has 0 aliphatic rings. The Kier molecular flexibility index (Phi) is 4.85. The number of benzene rings is 2. The summed E-state index contributed by atoms with van der Waals surface area (Å²) in [4.78, 5) is 0. The molecular weight excluding hydrogens is 256 g/mol. The fraction of sp³-hybridized carbons (Fsp3) is 0.294. The number of rotatable bonds is 5. The monoisotopic (exact) mass is 275 g/mol. The summed E-state index contributed by atoms with van der Waals surface area (Å²) in [6, 6.07) is 14.0. The zero-order chi connectivity index (χ0) is 14.5. The molecule has 0 saturated carbocycles. The van der Waals surface area contributed by atoms with Crippen molar-refractivity contribution in [1.82, 2.24) is 5.32 Å². The fourth-order valence-electron chi connectivity index (χ4n) is 2.47. The molecule has 0 aromatic heterocycles. The van der Waals surface area contributed by atoms with E-state index in [1.807, 2.05) is 37.4 Å². The molecule has 0 aliphatic carbocycles. The Bertz CT molecular complexity index is 534. The van der Waals surface area contributed by atoms with E-state index in [-0.39, 0.29) is 17.5 Å². The van der Waals surface area contributed by atoms with Gasteiger partial charge in [-0.3, -0.25) is 0 Å². The van der Waals surface area contributed by atoms with E-state index in [1.165, 1.54) is 18.2 Å². The molecule has 3 heteroatoms. The highest BCUT2D eigenvalue weighted by atomic mass is 19.1. The molecule has 2 rings (SSSR count). The van der Waals surface area contributed by atoms with Crippen LogP contribution in [0.25, 0.3) is 0 Å². The maximum Gasteiger partial charge on any atom is 0.129 e. The van der Waals surface area contributed by atoms with Crippen LogP contribution in [-0.2, 0) is 6.42 Å². The molecule has 0 saturated heterocycles. The SMILES string of the molecule is CNC(Cc1c(F)cccc1F)C(C)c1ccccc1. The molecule has 20 heavy (non-hydrogen) atoms. The minimum Gasteiger partial charge on any atom is -0.316 e. The molecule has 1 N–H and O–H groups in total. The highest BCUT2D eigenvalue weighted by Gasteiger charge is 2.20. The van der Waals surface area contributed by atoms with E-state index in [9.17, 15) is 8.78 Å². The Labute approximate surface area is 118 Å². The third-order valence-electron chi connectivity index (χ3n) is 3.79. The van der Waals surface area contributed by atoms with E-state index in [4.69, 9.17) is 0 Å². The maximum absolute atomic E-state index is 13.7. The quantitative estimate of drug-likeness (QED) is 0.872. The largest absolute Gasteiger partial charge is 0.316 e. The molecule has 0 radical (unpaired) electrons. The molecule has 1 nitrogen and oxygen atoms in total. The van der Waals surface area contributed by atoms with Gasteiger partial charge in [-0.05, 0) is 37.1 Å². The summed E-state index contributed by atoms with van der Waals surface area (Å²) in [5.74, 6) is -0.795. The average molecular weight is 275 g/mol. The molecule has 106 valence electrons. The summed E-state index contributed by atoms with van der Waals surface area (Å²) in [5.41, 5.74) is 1.30. The van der Waals surface area contributed by atoms with Crippen molar-refractivity contribution < 1.29 is 8.78 Å². The molecule has 2 atom stereocenters. The van der Waals surface area contributed by atoms with Crippen LogP contribution in [-0.4, -0.2) is 13.1 Å². The predicted octanol–water partition coefficient (Wildman–Crippen LogP) is 3.90. The van der Waals surface area contributed by atoms with Crippen molar-refractivity contribution in [2.45, 2.75) is 25.3 Å². The molecule has 0 aliphatic heterocycles. The first-order valence-electron chi connectivity index (χ1n) is 6.78.